The summed E-state index contributed by atoms with van der Waals surface area (Å²) in [7, 11) is 0. The monoisotopic (exact) mass is 154 g/mol. The van der Waals surface area contributed by atoms with Crippen LogP contribution in [0.5, 0.6) is 0 Å². The Balaban J connectivity index is 1.73. The van der Waals surface area contributed by atoms with Gasteiger partial charge in [0.15, 0.2) is 0 Å². The first-order chi connectivity index (χ1) is 5.40. The van der Waals surface area contributed by atoms with E-state index in [1.165, 1.54) is 38.8 Å². The van der Waals surface area contributed by atoms with Crippen LogP contribution in [0.4, 0.5) is 0 Å². The molecular formula is C9H18N2. The zero-order chi connectivity index (χ0) is 7.68. The third-order valence-electron chi connectivity index (χ3n) is 3.16. The van der Waals surface area contributed by atoms with Crippen LogP contribution < -0.4 is 5.73 Å². The highest BCUT2D eigenvalue weighted by Gasteiger charge is 2.32. The second-order valence-electron chi connectivity index (χ2n) is 3.99. The lowest BCUT2D eigenvalue weighted by Gasteiger charge is -2.42. The molecule has 11 heavy (non-hydrogen) atoms. The second kappa shape index (κ2) is 3.11. The van der Waals surface area contributed by atoms with E-state index in [4.69, 9.17) is 5.73 Å². The molecule has 2 fully saturated rings. The summed E-state index contributed by atoms with van der Waals surface area (Å²) >= 11 is 0. The first kappa shape index (κ1) is 7.56. The van der Waals surface area contributed by atoms with Gasteiger partial charge in [-0.3, -0.25) is 4.90 Å². The number of nitrogens with two attached hydrogens (primary N) is 1. The molecule has 0 atom stereocenters. The summed E-state index contributed by atoms with van der Waals surface area (Å²) in [5.74, 6) is 0.815. The molecule has 0 unspecified atom stereocenters. The molecule has 0 amide bonds. The molecule has 1 aliphatic carbocycles. The fraction of sp³-hybridized carbons (Fsp3) is 1.00. The van der Waals surface area contributed by atoms with Crippen molar-refractivity contribution in [2.75, 3.05) is 19.6 Å². The van der Waals surface area contributed by atoms with E-state index in [1.807, 2.05) is 0 Å². The van der Waals surface area contributed by atoms with Crippen molar-refractivity contribution in [2.45, 2.75) is 31.7 Å². The molecule has 2 rings (SSSR count). The minimum atomic E-state index is 0.815. The van der Waals surface area contributed by atoms with Crippen LogP contribution in [0.15, 0.2) is 0 Å². The molecule has 1 heterocycles. The van der Waals surface area contributed by atoms with Crippen molar-refractivity contribution < 1.29 is 0 Å². The van der Waals surface area contributed by atoms with Crippen molar-refractivity contribution in [3.8, 4) is 0 Å². The predicted molar refractivity (Wildman–Crippen MR) is 46.4 cm³/mol. The maximum Gasteiger partial charge on any atom is 0.00955 e. The number of likely N-dealkylation sites (tertiary alicyclic amines) is 1. The van der Waals surface area contributed by atoms with Crippen molar-refractivity contribution in [1.29, 1.82) is 0 Å². The van der Waals surface area contributed by atoms with E-state index in [0.29, 0.717) is 0 Å². The fourth-order valence-electron chi connectivity index (χ4n) is 2.33. The van der Waals surface area contributed by atoms with Crippen molar-refractivity contribution in [3.05, 3.63) is 0 Å². The molecule has 1 aliphatic heterocycles. The Labute approximate surface area is 68.7 Å². The van der Waals surface area contributed by atoms with Crippen molar-refractivity contribution in [1.82, 2.24) is 4.90 Å². The molecule has 2 aliphatic rings. The van der Waals surface area contributed by atoms with Crippen molar-refractivity contribution in [2.24, 2.45) is 11.7 Å². The quantitative estimate of drug-likeness (QED) is 0.638. The first-order valence-electron chi connectivity index (χ1n) is 4.84. The number of rotatable bonds is 2. The third-order valence-corrected chi connectivity index (χ3v) is 3.16. The maximum atomic E-state index is 5.57. The largest absolute Gasteiger partial charge is 0.330 e. The molecule has 1 saturated carbocycles. The van der Waals surface area contributed by atoms with E-state index in [0.717, 1.165) is 18.5 Å². The van der Waals surface area contributed by atoms with Gasteiger partial charge in [0, 0.05) is 19.1 Å². The molecule has 2 nitrogen and oxygen atoms in total. The molecule has 0 spiro atoms. The molecule has 2 N–H and O–H groups in total. The Morgan fingerprint density at radius 3 is 2.36 bits per heavy atom. The van der Waals surface area contributed by atoms with Crippen LogP contribution in [-0.2, 0) is 0 Å². The minimum absolute atomic E-state index is 0.815. The van der Waals surface area contributed by atoms with Gasteiger partial charge >= 0.3 is 0 Å². The molecule has 0 aromatic carbocycles. The van der Waals surface area contributed by atoms with Crippen LogP contribution in [0.3, 0.4) is 0 Å². The summed E-state index contributed by atoms with van der Waals surface area (Å²) in [5.41, 5.74) is 5.57. The SMILES string of the molecule is NCC1CN(C2CCCC2)C1. The lowest BCUT2D eigenvalue weighted by molar-refractivity contribution is 0.0599. The highest BCUT2D eigenvalue weighted by atomic mass is 15.2. The van der Waals surface area contributed by atoms with Crippen LogP contribution >= 0.6 is 0 Å². The van der Waals surface area contributed by atoms with E-state index in [2.05, 4.69) is 4.90 Å². The molecule has 0 bridgehead atoms. The topological polar surface area (TPSA) is 29.3 Å². The average molecular weight is 154 g/mol. The normalized spacial score (nSPS) is 29.2. The van der Waals surface area contributed by atoms with Gasteiger partial charge in [-0.1, -0.05) is 12.8 Å². The van der Waals surface area contributed by atoms with Gasteiger partial charge in [-0.05, 0) is 25.3 Å². The molecule has 0 radical (unpaired) electrons. The van der Waals surface area contributed by atoms with Gasteiger partial charge < -0.3 is 5.73 Å². The summed E-state index contributed by atoms with van der Waals surface area (Å²) in [6.45, 7) is 3.45. The second-order valence-corrected chi connectivity index (χ2v) is 3.99. The summed E-state index contributed by atoms with van der Waals surface area (Å²) in [6.07, 6.45) is 5.79. The van der Waals surface area contributed by atoms with E-state index < -0.39 is 0 Å². The Bertz CT molecular complexity index is 124. The van der Waals surface area contributed by atoms with Crippen molar-refractivity contribution >= 4 is 0 Å². The van der Waals surface area contributed by atoms with Crippen LogP contribution in [0.25, 0.3) is 0 Å². The summed E-state index contributed by atoms with van der Waals surface area (Å²) in [5, 5.41) is 0. The Morgan fingerprint density at radius 1 is 1.18 bits per heavy atom. The molecule has 0 aromatic rings. The van der Waals surface area contributed by atoms with Gasteiger partial charge in [0.05, 0.1) is 0 Å². The Hall–Kier alpha value is -0.0800. The molecule has 2 heteroatoms. The summed E-state index contributed by atoms with van der Waals surface area (Å²) < 4.78 is 0. The highest BCUT2D eigenvalue weighted by Crippen LogP contribution is 2.28. The van der Waals surface area contributed by atoms with Gasteiger partial charge in [0.2, 0.25) is 0 Å². The molecular weight excluding hydrogens is 136 g/mol. The Kier molecular flexibility index (Phi) is 2.14. The van der Waals surface area contributed by atoms with Crippen LogP contribution in [-0.4, -0.2) is 30.6 Å². The fourth-order valence-corrected chi connectivity index (χ4v) is 2.33. The molecule has 64 valence electrons. The smallest absolute Gasteiger partial charge is 0.00955 e. The van der Waals surface area contributed by atoms with Crippen molar-refractivity contribution in [3.63, 3.8) is 0 Å². The summed E-state index contributed by atoms with van der Waals surface area (Å²) in [4.78, 5) is 2.62. The molecule has 0 aromatic heterocycles. The van der Waals surface area contributed by atoms with E-state index >= 15 is 0 Å². The van der Waals surface area contributed by atoms with E-state index in [1.54, 1.807) is 0 Å². The van der Waals surface area contributed by atoms with E-state index in [9.17, 15) is 0 Å². The van der Waals surface area contributed by atoms with Gasteiger partial charge in [-0.2, -0.15) is 0 Å². The maximum absolute atomic E-state index is 5.57. The summed E-state index contributed by atoms with van der Waals surface area (Å²) in [6, 6.07) is 0.929. The van der Waals surface area contributed by atoms with E-state index in [-0.39, 0.29) is 0 Å². The molecule has 1 saturated heterocycles. The average Bonchev–Trinajstić information content (AvgIpc) is 2.37. The van der Waals surface area contributed by atoms with Crippen LogP contribution in [0.1, 0.15) is 25.7 Å². The zero-order valence-corrected chi connectivity index (χ0v) is 7.13. The third kappa shape index (κ3) is 1.42. The number of hydrogen-bond donors (Lipinski definition) is 1. The van der Waals surface area contributed by atoms with Gasteiger partial charge in [-0.15, -0.1) is 0 Å². The predicted octanol–water partition coefficient (Wildman–Crippen LogP) is 0.819. The standard InChI is InChI=1S/C9H18N2/c10-5-8-6-11(7-8)9-3-1-2-4-9/h8-9H,1-7,10H2. The van der Waals surface area contributed by atoms with Gasteiger partial charge in [0.25, 0.3) is 0 Å². The van der Waals surface area contributed by atoms with Gasteiger partial charge in [0.1, 0.15) is 0 Å². The van der Waals surface area contributed by atoms with Gasteiger partial charge in [-0.25, -0.2) is 0 Å². The zero-order valence-electron chi connectivity index (χ0n) is 7.13. The van der Waals surface area contributed by atoms with Crippen LogP contribution in [0.2, 0.25) is 0 Å². The number of hydrogen-bond acceptors (Lipinski definition) is 2. The Morgan fingerprint density at radius 2 is 1.82 bits per heavy atom. The first-order valence-corrected chi connectivity index (χ1v) is 4.84. The lowest BCUT2D eigenvalue weighted by Crippen LogP contribution is -2.53. The highest BCUT2D eigenvalue weighted by molar-refractivity contribution is 4.87. The number of nitrogens with zero attached hydrogens (tertiary/aromatic N) is 1. The lowest BCUT2D eigenvalue weighted by atomic mass is 9.97. The minimum Gasteiger partial charge on any atom is -0.330 e. The van der Waals surface area contributed by atoms with Crippen LogP contribution in [0, 0.1) is 5.92 Å².